The normalized spacial score (nSPS) is 11.2. The number of nitrogens with zero attached hydrogens (tertiary/aromatic N) is 3. The maximum absolute atomic E-state index is 6.82. The fourth-order valence-corrected chi connectivity index (χ4v) is 0.232. The number of aryl methyl sites for hydroxylation is 1. The van der Waals surface area contributed by atoms with E-state index < -0.39 is 0 Å². The van der Waals surface area contributed by atoms with Gasteiger partial charge in [0.15, 0.2) is 0 Å². The molecule has 0 atom stereocenters. The molecule has 1 aromatic heterocycles. The van der Waals surface area contributed by atoms with E-state index in [2.05, 4.69) is 10.3 Å². The zero-order valence-electron chi connectivity index (χ0n) is 4.42. The fraction of sp³-hybridized carbons (Fsp3) is 0.333. The molecule has 0 amide bonds. The van der Waals surface area contributed by atoms with Crippen molar-refractivity contribution in [3.63, 3.8) is 0 Å². The van der Waals surface area contributed by atoms with Crippen molar-refractivity contribution in [2.75, 3.05) is 0 Å². The molecule has 0 bridgehead atoms. The number of rotatable bonds is 0. The first kappa shape index (κ1) is 2.34. The van der Waals surface area contributed by atoms with Crippen LogP contribution in [0.2, 0.25) is 0 Å². The Morgan fingerprint density at radius 1 is 2.00 bits per heavy atom. The third kappa shape index (κ3) is 0.381. The molecule has 0 fully saturated rings. The summed E-state index contributed by atoms with van der Waals surface area (Å²) in [6, 6.07) is 0. The first-order valence-corrected chi connectivity index (χ1v) is 1.62. The predicted octanol–water partition coefficient (Wildman–Crippen LogP) is -0.185. The summed E-state index contributed by atoms with van der Waals surface area (Å²) in [6.45, 7) is 0. The molecule has 3 nitrogen and oxygen atoms in total. The van der Waals surface area contributed by atoms with Crippen molar-refractivity contribution in [1.29, 1.82) is 0 Å². The standard InChI is InChI=1S/C3H5N3/c1-6-3-2-4-5-6/h2-3H,1H3/i2T. The van der Waals surface area contributed by atoms with Crippen LogP contribution in [0.3, 0.4) is 0 Å². The smallest absolute Gasteiger partial charge is 0.0877 e. The lowest BCUT2D eigenvalue weighted by Crippen LogP contribution is -1.85. The Morgan fingerprint density at radius 3 is 3.00 bits per heavy atom. The SMILES string of the molecule is [3H]c1cn(C)nn1. The summed E-state index contributed by atoms with van der Waals surface area (Å²) in [4.78, 5) is 0. The highest BCUT2D eigenvalue weighted by atomic mass is 15.4. The zero-order valence-corrected chi connectivity index (χ0v) is 3.42. The largest absolute Gasteiger partial charge is 0.256 e. The molecule has 0 unspecified atom stereocenters. The van der Waals surface area contributed by atoms with Gasteiger partial charge in [0, 0.05) is 13.2 Å². The molecular formula is C3H5N3. The summed E-state index contributed by atoms with van der Waals surface area (Å²) in [5.74, 6) is 0. The van der Waals surface area contributed by atoms with Crippen molar-refractivity contribution in [3.05, 3.63) is 12.4 Å². The Balaban J connectivity index is 3.04. The molecule has 3 heteroatoms. The molecule has 0 saturated carbocycles. The average Bonchev–Trinajstić information content (AvgIpc) is 1.87. The van der Waals surface area contributed by atoms with Gasteiger partial charge in [-0.25, -0.2) is 0 Å². The van der Waals surface area contributed by atoms with Gasteiger partial charge >= 0.3 is 0 Å². The van der Waals surface area contributed by atoms with Gasteiger partial charge in [-0.1, -0.05) is 5.21 Å². The molecule has 0 aromatic carbocycles. The number of hydrogen-bond acceptors (Lipinski definition) is 2. The van der Waals surface area contributed by atoms with E-state index in [-0.39, 0.29) is 6.17 Å². The maximum atomic E-state index is 6.82. The van der Waals surface area contributed by atoms with Crippen LogP contribution in [0.1, 0.15) is 1.37 Å². The van der Waals surface area contributed by atoms with Crippen molar-refractivity contribution in [1.82, 2.24) is 15.0 Å². The van der Waals surface area contributed by atoms with E-state index in [1.165, 1.54) is 10.9 Å². The molecule has 0 aliphatic heterocycles. The van der Waals surface area contributed by atoms with Gasteiger partial charge < -0.3 is 0 Å². The van der Waals surface area contributed by atoms with E-state index in [0.29, 0.717) is 0 Å². The van der Waals surface area contributed by atoms with E-state index in [1.54, 1.807) is 7.05 Å². The van der Waals surface area contributed by atoms with Crippen LogP contribution >= 0.6 is 0 Å². The van der Waals surface area contributed by atoms with Gasteiger partial charge in [-0.2, -0.15) is 0 Å². The first-order chi connectivity index (χ1) is 3.29. The second-order valence-electron chi connectivity index (χ2n) is 1.02. The second-order valence-corrected chi connectivity index (χ2v) is 1.02. The summed E-state index contributed by atoms with van der Waals surface area (Å²) >= 11 is 0. The minimum atomic E-state index is 0.211. The minimum absolute atomic E-state index is 0.211. The van der Waals surface area contributed by atoms with Gasteiger partial charge in [0.1, 0.15) is 0 Å². The van der Waals surface area contributed by atoms with Crippen LogP contribution < -0.4 is 0 Å². The minimum Gasteiger partial charge on any atom is -0.256 e. The van der Waals surface area contributed by atoms with Gasteiger partial charge in [0.25, 0.3) is 0 Å². The van der Waals surface area contributed by atoms with Crippen molar-refractivity contribution in [3.8, 4) is 0 Å². The molecule has 1 aromatic rings. The summed E-state index contributed by atoms with van der Waals surface area (Å²) in [5.41, 5.74) is 0. The van der Waals surface area contributed by atoms with Crippen LogP contribution in [0.5, 0.6) is 0 Å². The monoisotopic (exact) mass is 85.1 g/mol. The van der Waals surface area contributed by atoms with Crippen LogP contribution in [0.15, 0.2) is 12.4 Å². The molecule has 1 heterocycles. The lowest BCUT2D eigenvalue weighted by atomic mass is 10.9. The van der Waals surface area contributed by atoms with Crippen molar-refractivity contribution in [2.45, 2.75) is 0 Å². The van der Waals surface area contributed by atoms with Gasteiger partial charge in [0.2, 0.25) is 0 Å². The molecule has 0 aliphatic rings. The van der Waals surface area contributed by atoms with Crippen molar-refractivity contribution in [2.24, 2.45) is 7.05 Å². The van der Waals surface area contributed by atoms with Crippen molar-refractivity contribution >= 4 is 0 Å². The average molecular weight is 85.1 g/mol. The quantitative estimate of drug-likeness (QED) is 0.437. The molecule has 32 valence electrons. The summed E-state index contributed by atoms with van der Waals surface area (Å²) in [5, 5.41) is 6.89. The van der Waals surface area contributed by atoms with Gasteiger partial charge in [-0.05, 0) is 0 Å². The lowest BCUT2D eigenvalue weighted by molar-refractivity contribution is 0.715. The highest BCUT2D eigenvalue weighted by Gasteiger charge is 1.70. The summed E-state index contributed by atoms with van der Waals surface area (Å²) in [7, 11) is 1.73. The zero-order chi connectivity index (χ0) is 5.28. The van der Waals surface area contributed by atoms with E-state index >= 15 is 0 Å². The van der Waals surface area contributed by atoms with Crippen LogP contribution in [0, 0.1) is 0 Å². The topological polar surface area (TPSA) is 30.7 Å². The van der Waals surface area contributed by atoms with Crippen LogP contribution in [0.25, 0.3) is 0 Å². The van der Waals surface area contributed by atoms with Gasteiger partial charge in [0.05, 0.1) is 7.54 Å². The molecular weight excluding hydrogens is 78.1 g/mol. The first-order valence-electron chi connectivity index (χ1n) is 2.12. The van der Waals surface area contributed by atoms with E-state index in [0.717, 1.165) is 0 Å². The van der Waals surface area contributed by atoms with E-state index in [1.807, 2.05) is 0 Å². The predicted molar refractivity (Wildman–Crippen MR) is 21.0 cm³/mol. The van der Waals surface area contributed by atoms with E-state index in [4.69, 9.17) is 1.37 Å². The number of hydrogen-bond donors (Lipinski definition) is 0. The Hall–Kier alpha value is -0.860. The Morgan fingerprint density at radius 2 is 2.83 bits per heavy atom. The molecule has 0 spiro atoms. The third-order valence-corrected chi connectivity index (χ3v) is 0.488. The lowest BCUT2D eigenvalue weighted by Gasteiger charge is -1.74. The summed E-state index contributed by atoms with van der Waals surface area (Å²) < 4.78 is 8.31. The van der Waals surface area contributed by atoms with Crippen molar-refractivity contribution < 1.29 is 1.37 Å². The Labute approximate surface area is 37.0 Å². The molecule has 6 heavy (non-hydrogen) atoms. The highest BCUT2D eigenvalue weighted by molar-refractivity contribution is 4.59. The third-order valence-electron chi connectivity index (χ3n) is 0.488. The Kier molecular flexibility index (Phi) is 0.422. The molecule has 0 aliphatic carbocycles. The van der Waals surface area contributed by atoms with Crippen LogP contribution in [-0.2, 0) is 7.05 Å². The van der Waals surface area contributed by atoms with Crippen LogP contribution in [-0.4, -0.2) is 15.0 Å². The van der Waals surface area contributed by atoms with Gasteiger partial charge in [-0.3, -0.25) is 4.68 Å². The molecule has 0 N–H and O–H groups in total. The van der Waals surface area contributed by atoms with E-state index in [9.17, 15) is 0 Å². The van der Waals surface area contributed by atoms with Crippen LogP contribution in [0.4, 0.5) is 0 Å². The van der Waals surface area contributed by atoms with Gasteiger partial charge in [-0.15, -0.1) is 5.10 Å². The number of aromatic nitrogens is 3. The maximum Gasteiger partial charge on any atom is 0.0877 e. The second kappa shape index (κ2) is 1.08. The summed E-state index contributed by atoms with van der Waals surface area (Å²) in [6.07, 6.45) is 1.74. The molecule has 0 saturated heterocycles. The molecule has 0 radical (unpaired) electrons. The highest BCUT2D eigenvalue weighted by Crippen LogP contribution is 1.66. The fourth-order valence-electron chi connectivity index (χ4n) is 0.232. The Bertz CT molecular complexity index is 142. The molecule has 1 rings (SSSR count).